The summed E-state index contributed by atoms with van der Waals surface area (Å²) in [5.74, 6) is -0.349. The Labute approximate surface area is 283 Å². The van der Waals surface area contributed by atoms with Gasteiger partial charge in [-0.25, -0.2) is 19.7 Å². The van der Waals surface area contributed by atoms with E-state index in [9.17, 15) is 18.0 Å². The lowest BCUT2D eigenvalue weighted by Crippen LogP contribution is -2.67. The molecule has 6 rings (SSSR count). The number of aromatic nitrogens is 4. The van der Waals surface area contributed by atoms with E-state index < -0.39 is 49.9 Å². The number of morpholine rings is 1. The van der Waals surface area contributed by atoms with Crippen molar-refractivity contribution in [3.63, 3.8) is 0 Å². The van der Waals surface area contributed by atoms with Crippen LogP contribution < -0.4 is 25.9 Å². The van der Waals surface area contributed by atoms with Gasteiger partial charge in [-0.05, 0) is 22.3 Å². The number of halogens is 3. The van der Waals surface area contributed by atoms with Gasteiger partial charge in [0.1, 0.15) is 18.0 Å². The Morgan fingerprint density at radius 1 is 0.959 bits per heavy atom. The first-order chi connectivity index (χ1) is 23.3. The molecule has 49 heavy (non-hydrogen) atoms. The lowest BCUT2D eigenvalue weighted by molar-refractivity contribution is -0.140. The second-order valence-electron chi connectivity index (χ2n) is 13.0. The van der Waals surface area contributed by atoms with Gasteiger partial charge in [-0.3, -0.25) is 4.90 Å². The monoisotopic (exact) mass is 693 g/mol. The molecule has 0 aliphatic carbocycles. The van der Waals surface area contributed by atoms with Gasteiger partial charge in [0, 0.05) is 30.9 Å². The van der Waals surface area contributed by atoms with E-state index in [0.29, 0.717) is 26.3 Å². The van der Waals surface area contributed by atoms with Gasteiger partial charge in [0.2, 0.25) is 11.9 Å². The zero-order valence-electron chi connectivity index (χ0n) is 27.6. The highest BCUT2D eigenvalue weighted by atomic mass is 28.4. The Kier molecular flexibility index (Phi) is 9.35. The van der Waals surface area contributed by atoms with Crippen LogP contribution in [0.25, 0.3) is 11.3 Å². The number of cyclic esters (lactones) is 1. The molecule has 2 atom stereocenters. The highest BCUT2D eigenvalue weighted by Crippen LogP contribution is 2.40. The molecule has 0 spiro atoms. The van der Waals surface area contributed by atoms with Crippen molar-refractivity contribution >= 4 is 42.5 Å². The number of ether oxygens (including phenoxy) is 2. The highest BCUT2D eigenvalue weighted by molar-refractivity contribution is 6.99. The Hall–Kier alpha value is -4.60. The highest BCUT2D eigenvalue weighted by Gasteiger charge is 2.52. The molecule has 0 saturated carbocycles. The third-order valence-electron chi connectivity index (χ3n) is 8.84. The van der Waals surface area contributed by atoms with Crippen LogP contribution in [-0.2, 0) is 20.1 Å². The predicted octanol–water partition coefficient (Wildman–Crippen LogP) is 4.66. The Balaban J connectivity index is 1.46. The molecule has 11 nitrogen and oxygen atoms in total. The van der Waals surface area contributed by atoms with Crippen molar-refractivity contribution in [1.82, 2.24) is 19.9 Å². The molecule has 4 aromatic rings. The van der Waals surface area contributed by atoms with Crippen LogP contribution >= 0.6 is 0 Å². The van der Waals surface area contributed by atoms with Crippen molar-refractivity contribution in [3.8, 4) is 11.3 Å². The fourth-order valence-electron chi connectivity index (χ4n) is 6.47. The number of alkyl halides is 3. The van der Waals surface area contributed by atoms with E-state index in [4.69, 9.17) is 24.6 Å². The van der Waals surface area contributed by atoms with E-state index >= 15 is 0 Å². The van der Waals surface area contributed by atoms with E-state index in [-0.39, 0.29) is 29.1 Å². The average molecular weight is 694 g/mol. The lowest BCUT2D eigenvalue weighted by atomic mass is 10.1. The van der Waals surface area contributed by atoms with Gasteiger partial charge in [-0.15, -0.1) is 0 Å². The smallest absolute Gasteiger partial charge is 0.434 e. The number of rotatable bonds is 8. The van der Waals surface area contributed by atoms with E-state index in [1.165, 1.54) is 11.0 Å². The summed E-state index contributed by atoms with van der Waals surface area (Å²) in [6, 6.07) is 20.8. The minimum atomic E-state index is -4.86. The number of carbonyl (C=O) groups excluding carboxylic acids is 1. The predicted molar refractivity (Wildman–Crippen MR) is 181 cm³/mol. The fourth-order valence-corrected chi connectivity index (χ4v) is 11.0. The van der Waals surface area contributed by atoms with Crippen LogP contribution in [0.2, 0.25) is 5.04 Å². The maximum atomic E-state index is 14.2. The van der Waals surface area contributed by atoms with E-state index in [1.54, 1.807) is 11.8 Å². The molecule has 4 heterocycles. The number of carbonyl (C=O) groups is 1. The van der Waals surface area contributed by atoms with Crippen molar-refractivity contribution in [2.75, 3.05) is 48.4 Å². The van der Waals surface area contributed by atoms with Gasteiger partial charge in [0.05, 0.1) is 25.5 Å². The summed E-state index contributed by atoms with van der Waals surface area (Å²) in [5, 5.41) is 1.77. The number of benzene rings is 2. The molecule has 2 fully saturated rings. The minimum absolute atomic E-state index is 0.0573. The van der Waals surface area contributed by atoms with Gasteiger partial charge in [-0.1, -0.05) is 81.4 Å². The SMILES string of the molecule is CC1OC(=O)N(c2cc(-c3cnc(N)nc3C(F)(F)F)nc(N3CCOCC3)n2)C1CO[Si](c1ccccc1)(c1ccccc1)C(C)(C)C. The summed E-state index contributed by atoms with van der Waals surface area (Å²) < 4.78 is 61.0. The first kappa shape index (κ1) is 34.3. The first-order valence-corrected chi connectivity index (χ1v) is 17.9. The molecule has 2 aromatic carbocycles. The fraction of sp³-hybridized carbons (Fsp3) is 0.382. The summed E-state index contributed by atoms with van der Waals surface area (Å²) >= 11 is 0. The number of hydrogen-bond acceptors (Lipinski definition) is 10. The van der Waals surface area contributed by atoms with Crippen LogP contribution in [0.4, 0.5) is 35.7 Å². The summed E-state index contributed by atoms with van der Waals surface area (Å²) in [4.78, 5) is 33.3. The van der Waals surface area contributed by atoms with Crippen LogP contribution in [0.15, 0.2) is 72.9 Å². The molecule has 2 aliphatic heterocycles. The van der Waals surface area contributed by atoms with Crippen molar-refractivity contribution < 1.29 is 31.9 Å². The zero-order valence-corrected chi connectivity index (χ0v) is 28.6. The Bertz CT molecular complexity index is 1750. The van der Waals surface area contributed by atoms with Gasteiger partial charge in [0.15, 0.2) is 5.69 Å². The molecule has 2 saturated heterocycles. The average Bonchev–Trinajstić information content (AvgIpc) is 3.37. The molecule has 2 aromatic heterocycles. The summed E-state index contributed by atoms with van der Waals surface area (Å²) in [6.45, 7) is 9.81. The van der Waals surface area contributed by atoms with Crippen LogP contribution in [0.3, 0.4) is 0 Å². The summed E-state index contributed by atoms with van der Waals surface area (Å²) in [5.41, 5.74) is 3.78. The molecule has 2 unspecified atom stereocenters. The molecule has 258 valence electrons. The van der Waals surface area contributed by atoms with Gasteiger partial charge < -0.3 is 24.5 Å². The lowest BCUT2D eigenvalue weighted by Gasteiger charge is -2.44. The van der Waals surface area contributed by atoms with Gasteiger partial charge in [0.25, 0.3) is 8.32 Å². The van der Waals surface area contributed by atoms with E-state index in [1.807, 2.05) is 36.4 Å². The number of hydrogen-bond donors (Lipinski definition) is 1. The number of nitrogens with two attached hydrogens (primary N) is 1. The zero-order chi connectivity index (χ0) is 35.0. The molecule has 2 N–H and O–H groups in total. The van der Waals surface area contributed by atoms with Crippen molar-refractivity contribution in [2.24, 2.45) is 0 Å². The first-order valence-electron chi connectivity index (χ1n) is 16.0. The molecule has 0 bridgehead atoms. The van der Waals surface area contributed by atoms with Gasteiger partial charge in [-0.2, -0.15) is 18.2 Å². The van der Waals surface area contributed by atoms with Crippen molar-refractivity contribution in [2.45, 2.75) is 51.1 Å². The minimum Gasteiger partial charge on any atom is -0.444 e. The molecule has 15 heteroatoms. The molecule has 0 radical (unpaired) electrons. The number of amides is 1. The Morgan fingerprint density at radius 2 is 1.57 bits per heavy atom. The maximum Gasteiger partial charge on any atom is 0.434 e. The second-order valence-corrected chi connectivity index (χ2v) is 17.3. The van der Waals surface area contributed by atoms with Crippen molar-refractivity contribution in [3.05, 3.63) is 78.6 Å². The maximum absolute atomic E-state index is 14.2. The van der Waals surface area contributed by atoms with E-state index in [2.05, 4.69) is 60.0 Å². The molecular weight excluding hydrogens is 655 g/mol. The Morgan fingerprint density at radius 3 is 2.14 bits per heavy atom. The summed E-state index contributed by atoms with van der Waals surface area (Å²) in [6.07, 6.45) is -5.22. The quantitative estimate of drug-likeness (QED) is 0.260. The molecule has 1 amide bonds. The van der Waals surface area contributed by atoms with Crippen LogP contribution in [-0.4, -0.2) is 79.4 Å². The molecule has 2 aliphatic rings. The largest absolute Gasteiger partial charge is 0.444 e. The number of nitrogens with zero attached hydrogens (tertiary/aromatic N) is 6. The van der Waals surface area contributed by atoms with Crippen LogP contribution in [0, 0.1) is 0 Å². The topological polar surface area (TPSA) is 129 Å². The van der Waals surface area contributed by atoms with Crippen molar-refractivity contribution in [1.29, 1.82) is 0 Å². The third kappa shape index (κ3) is 6.69. The number of anilines is 3. The van der Waals surface area contributed by atoms with E-state index in [0.717, 1.165) is 16.6 Å². The van der Waals surface area contributed by atoms with Crippen LogP contribution in [0.1, 0.15) is 33.4 Å². The standard InChI is InChI=1S/C34H38F3N7O4Si/c1-22-27(21-47-49(33(2,3)4,23-11-7-5-8-12-23)24-13-9-6-10-14-24)44(32(45)48-22)28-19-26(40-31(41-28)43-15-17-46-18-16-43)25-20-39-30(38)42-29(25)34(35,36)37/h5-14,19-20,22,27H,15-18,21H2,1-4H3,(H2,38,39,42). The second kappa shape index (κ2) is 13.4. The normalized spacial score (nSPS) is 18.9. The van der Waals surface area contributed by atoms with Gasteiger partial charge >= 0.3 is 12.3 Å². The molecular formula is C34H38F3N7O4Si. The van der Waals surface area contributed by atoms with Crippen LogP contribution in [0.5, 0.6) is 0 Å². The summed E-state index contributed by atoms with van der Waals surface area (Å²) in [7, 11) is -3.04. The third-order valence-corrected chi connectivity index (χ3v) is 13.8. The number of nitrogen functional groups attached to an aromatic ring is 1.